The van der Waals surface area contributed by atoms with Gasteiger partial charge in [-0.2, -0.15) is 5.10 Å². The number of nitrogens with two attached hydrogens (primary N) is 2. The van der Waals surface area contributed by atoms with Crippen LogP contribution >= 0.6 is 0 Å². The number of rotatable bonds is 7. The molecule has 9 nitrogen and oxygen atoms in total. The molecule has 1 fully saturated rings. The van der Waals surface area contributed by atoms with Gasteiger partial charge in [0.1, 0.15) is 34.5 Å². The van der Waals surface area contributed by atoms with E-state index in [1.807, 2.05) is 0 Å². The summed E-state index contributed by atoms with van der Waals surface area (Å²) in [7, 11) is 1.36. The van der Waals surface area contributed by atoms with E-state index >= 15 is 4.39 Å². The predicted molar refractivity (Wildman–Crippen MR) is 125 cm³/mol. The largest absolute Gasteiger partial charge is 0.496 e. The lowest BCUT2D eigenvalue weighted by Gasteiger charge is -2.12. The number of aromatic amines is 1. The Kier molecular flexibility index (Phi) is 5.39. The van der Waals surface area contributed by atoms with Crippen LogP contribution in [0, 0.1) is 11.6 Å². The van der Waals surface area contributed by atoms with Gasteiger partial charge < -0.3 is 26.5 Å². The number of hydrogen-bond acceptors (Lipinski definition) is 5. The average Bonchev–Trinajstić information content (AvgIpc) is 3.44. The topological polar surface area (TPSA) is 141 Å². The van der Waals surface area contributed by atoms with Crippen LogP contribution in [0.25, 0.3) is 22.2 Å². The summed E-state index contributed by atoms with van der Waals surface area (Å²) < 4.78 is 35.7. The van der Waals surface area contributed by atoms with Gasteiger partial charge in [0.2, 0.25) is 0 Å². The number of carbonyl (C=O) groups excluding carboxylic acids is 2. The molecule has 2 aromatic carbocycles. The van der Waals surface area contributed by atoms with Gasteiger partial charge in [-0.1, -0.05) is 0 Å². The van der Waals surface area contributed by atoms with Crippen LogP contribution in [0.3, 0.4) is 0 Å². The van der Waals surface area contributed by atoms with Crippen molar-refractivity contribution < 1.29 is 23.1 Å². The van der Waals surface area contributed by atoms with Gasteiger partial charge in [0.05, 0.1) is 24.2 Å². The molecule has 0 saturated heterocycles. The lowest BCUT2D eigenvalue weighted by molar-refractivity contribution is 0.0946. The number of hydrogen-bond donors (Lipinski definition) is 4. The van der Waals surface area contributed by atoms with Crippen molar-refractivity contribution in [2.75, 3.05) is 12.8 Å². The number of fused-ring (bicyclic) bond motifs is 1. The summed E-state index contributed by atoms with van der Waals surface area (Å²) in [5, 5.41) is 7.67. The average molecular weight is 480 g/mol. The van der Waals surface area contributed by atoms with Crippen LogP contribution in [0.2, 0.25) is 0 Å². The summed E-state index contributed by atoms with van der Waals surface area (Å²) in [5.41, 5.74) is 12.9. The monoisotopic (exact) mass is 480 g/mol. The number of ether oxygens (including phenoxy) is 1. The molecule has 1 saturated carbocycles. The third kappa shape index (κ3) is 3.84. The highest BCUT2D eigenvalue weighted by Crippen LogP contribution is 2.41. The van der Waals surface area contributed by atoms with Gasteiger partial charge in [-0.05, 0) is 43.2 Å². The number of nitrogens with one attached hydrogen (secondary N) is 2. The number of aromatic nitrogens is 3. The second kappa shape index (κ2) is 8.42. The molecule has 11 heteroatoms. The summed E-state index contributed by atoms with van der Waals surface area (Å²) in [6.07, 6.45) is 3.37. The van der Waals surface area contributed by atoms with Crippen LogP contribution < -0.4 is 21.5 Å². The number of H-pyrrole nitrogens is 1. The number of primary amides is 1. The van der Waals surface area contributed by atoms with Gasteiger partial charge in [0, 0.05) is 29.3 Å². The van der Waals surface area contributed by atoms with Crippen molar-refractivity contribution in [3.8, 4) is 17.0 Å². The fraction of sp³-hybridized carbons (Fsp3) is 0.208. The fourth-order valence-electron chi connectivity index (χ4n) is 4.22. The van der Waals surface area contributed by atoms with Gasteiger partial charge in [-0.15, -0.1) is 0 Å². The zero-order valence-corrected chi connectivity index (χ0v) is 18.7. The molecule has 0 bridgehead atoms. The lowest BCUT2D eigenvalue weighted by Crippen LogP contribution is -2.24. The second-order valence-electron chi connectivity index (χ2n) is 8.33. The van der Waals surface area contributed by atoms with Gasteiger partial charge >= 0.3 is 0 Å². The first-order chi connectivity index (χ1) is 16.8. The Labute approximate surface area is 198 Å². The Morgan fingerprint density at radius 2 is 2.03 bits per heavy atom. The molecule has 2 amide bonds. The summed E-state index contributed by atoms with van der Waals surface area (Å²) in [4.78, 5) is 27.9. The minimum absolute atomic E-state index is 0.0144. The van der Waals surface area contributed by atoms with Crippen molar-refractivity contribution in [1.29, 1.82) is 0 Å². The Hall–Kier alpha value is -4.41. The number of amides is 2. The number of carbonyl (C=O) groups is 2. The highest BCUT2D eigenvalue weighted by atomic mass is 19.1. The van der Waals surface area contributed by atoms with E-state index in [4.69, 9.17) is 16.2 Å². The third-order valence-corrected chi connectivity index (χ3v) is 6.07. The van der Waals surface area contributed by atoms with Crippen LogP contribution in [0.4, 0.5) is 14.6 Å². The molecule has 0 atom stereocenters. The maximum atomic E-state index is 15.4. The highest BCUT2D eigenvalue weighted by Gasteiger charge is 2.32. The van der Waals surface area contributed by atoms with Crippen LogP contribution in [0.15, 0.2) is 36.5 Å². The van der Waals surface area contributed by atoms with Gasteiger partial charge in [0.15, 0.2) is 0 Å². The number of nitrogen functional groups attached to an aromatic ring is 1. The fourth-order valence-corrected chi connectivity index (χ4v) is 4.22. The second-order valence-corrected chi connectivity index (χ2v) is 8.33. The standard InChI is InChI=1S/C24H22F2N6O3/c1-35-18-5-2-11(25)8-15(18)24(34)30-10-16-17(26)9-14(13-6-7-29-20(13)16)21-19(23(28)33)22(27)32(31-21)12-3-4-12/h2,5-9,12,29H,3-4,10,27H2,1H3,(H2,28,33)(H,30,34). The summed E-state index contributed by atoms with van der Waals surface area (Å²) >= 11 is 0. The van der Waals surface area contributed by atoms with E-state index < -0.39 is 23.4 Å². The molecule has 5 rings (SSSR count). The summed E-state index contributed by atoms with van der Waals surface area (Å²) in [6, 6.07) is 6.60. The van der Waals surface area contributed by atoms with Crippen molar-refractivity contribution in [3.63, 3.8) is 0 Å². The molecule has 0 unspecified atom stereocenters. The molecule has 0 aliphatic heterocycles. The number of nitrogens with zero attached hydrogens (tertiary/aromatic N) is 2. The molecule has 2 aromatic heterocycles. The number of benzene rings is 2. The molecular weight excluding hydrogens is 458 g/mol. The third-order valence-electron chi connectivity index (χ3n) is 6.07. The first-order valence-corrected chi connectivity index (χ1v) is 10.9. The first kappa shape index (κ1) is 22.4. The first-order valence-electron chi connectivity index (χ1n) is 10.9. The molecule has 0 radical (unpaired) electrons. The van der Waals surface area contributed by atoms with Gasteiger partial charge in [-0.25, -0.2) is 13.5 Å². The highest BCUT2D eigenvalue weighted by molar-refractivity contribution is 6.07. The molecule has 180 valence electrons. The number of methoxy groups -OCH3 is 1. The van der Waals surface area contributed by atoms with Gasteiger partial charge in [-0.3, -0.25) is 9.59 Å². The number of anilines is 1. The molecular formula is C24H22F2N6O3. The predicted octanol–water partition coefficient (Wildman–Crippen LogP) is 3.26. The molecule has 1 aliphatic carbocycles. The zero-order chi connectivity index (χ0) is 24.9. The van der Waals surface area contributed by atoms with E-state index in [2.05, 4.69) is 15.4 Å². The van der Waals surface area contributed by atoms with Crippen molar-refractivity contribution in [1.82, 2.24) is 20.1 Å². The summed E-state index contributed by atoms with van der Waals surface area (Å²) in [6.45, 7) is -0.192. The van der Waals surface area contributed by atoms with Crippen molar-refractivity contribution in [3.05, 3.63) is 64.9 Å². The smallest absolute Gasteiger partial charge is 0.255 e. The van der Waals surface area contributed by atoms with Crippen LogP contribution in [0.5, 0.6) is 5.75 Å². The Bertz CT molecular complexity index is 1490. The number of halogens is 2. The van der Waals surface area contributed by atoms with Crippen LogP contribution in [-0.2, 0) is 6.54 Å². The van der Waals surface area contributed by atoms with E-state index in [9.17, 15) is 14.0 Å². The van der Waals surface area contributed by atoms with E-state index in [0.717, 1.165) is 18.9 Å². The molecule has 2 heterocycles. The summed E-state index contributed by atoms with van der Waals surface area (Å²) in [5.74, 6) is -2.29. The van der Waals surface area contributed by atoms with Crippen molar-refractivity contribution in [2.45, 2.75) is 25.4 Å². The Balaban J connectivity index is 1.53. The molecule has 4 aromatic rings. The van der Waals surface area contributed by atoms with Gasteiger partial charge in [0.25, 0.3) is 11.8 Å². The van der Waals surface area contributed by atoms with E-state index in [1.165, 1.54) is 25.3 Å². The van der Waals surface area contributed by atoms with E-state index in [-0.39, 0.29) is 46.5 Å². The maximum absolute atomic E-state index is 15.4. The van der Waals surface area contributed by atoms with E-state index in [0.29, 0.717) is 16.5 Å². The SMILES string of the molecule is COc1ccc(F)cc1C(=O)NCc1c(F)cc(-c2nn(C3CC3)c(N)c2C(N)=O)c2cc[nH]c12. The van der Waals surface area contributed by atoms with Crippen molar-refractivity contribution >= 4 is 28.5 Å². The normalized spacial score (nSPS) is 13.2. The van der Waals surface area contributed by atoms with Crippen LogP contribution in [0.1, 0.15) is 45.2 Å². The molecule has 35 heavy (non-hydrogen) atoms. The van der Waals surface area contributed by atoms with E-state index in [1.54, 1.807) is 16.9 Å². The molecule has 6 N–H and O–H groups in total. The zero-order valence-electron chi connectivity index (χ0n) is 18.7. The van der Waals surface area contributed by atoms with Crippen molar-refractivity contribution in [2.24, 2.45) is 5.73 Å². The molecule has 1 aliphatic rings. The quantitative estimate of drug-likeness (QED) is 0.321. The Morgan fingerprint density at radius 3 is 2.71 bits per heavy atom. The van der Waals surface area contributed by atoms with Crippen LogP contribution in [-0.4, -0.2) is 33.7 Å². The minimum Gasteiger partial charge on any atom is -0.496 e. The lowest BCUT2D eigenvalue weighted by atomic mass is 9.99. The Morgan fingerprint density at radius 1 is 1.26 bits per heavy atom. The molecule has 0 spiro atoms. The maximum Gasteiger partial charge on any atom is 0.255 e. The minimum atomic E-state index is -0.756.